The van der Waals surface area contributed by atoms with Crippen LogP contribution in [0.3, 0.4) is 0 Å². The third kappa shape index (κ3) is 4.94. The molecule has 1 saturated heterocycles. The van der Waals surface area contributed by atoms with E-state index in [1.54, 1.807) is 11.3 Å². The maximum atomic E-state index is 12.7. The summed E-state index contributed by atoms with van der Waals surface area (Å²) >= 11 is 1.62. The van der Waals surface area contributed by atoms with Gasteiger partial charge in [-0.05, 0) is 35.7 Å². The first-order valence-electron chi connectivity index (χ1n) is 8.68. The monoisotopic (exact) mass is 409 g/mol. The van der Waals surface area contributed by atoms with Crippen LogP contribution in [0.4, 0.5) is 0 Å². The number of thiophene rings is 1. The van der Waals surface area contributed by atoms with Gasteiger partial charge in [-0.2, -0.15) is 0 Å². The van der Waals surface area contributed by atoms with E-state index in [9.17, 15) is 13.2 Å². The molecule has 1 atom stereocenters. The van der Waals surface area contributed by atoms with Crippen molar-refractivity contribution in [1.29, 1.82) is 0 Å². The van der Waals surface area contributed by atoms with E-state index < -0.39 is 10.0 Å². The fraction of sp³-hybridized carbons (Fsp3) is 0.389. The molecule has 2 aromatic rings. The van der Waals surface area contributed by atoms with Crippen LogP contribution in [-0.4, -0.2) is 59.1 Å². The lowest BCUT2D eigenvalue weighted by molar-refractivity contribution is 0.0179. The van der Waals surface area contributed by atoms with Gasteiger partial charge in [-0.1, -0.05) is 6.07 Å². The zero-order valence-corrected chi connectivity index (χ0v) is 16.7. The number of carbonyl (C=O) groups is 1. The van der Waals surface area contributed by atoms with Crippen molar-refractivity contribution in [2.75, 3.05) is 39.9 Å². The fourth-order valence-electron chi connectivity index (χ4n) is 2.98. The first-order chi connectivity index (χ1) is 13.0. The molecular formula is C18H23N3O4S2. The van der Waals surface area contributed by atoms with Crippen molar-refractivity contribution in [3.63, 3.8) is 0 Å². The number of benzene rings is 1. The van der Waals surface area contributed by atoms with Crippen LogP contribution >= 0.6 is 11.3 Å². The highest BCUT2D eigenvalue weighted by atomic mass is 32.2. The van der Waals surface area contributed by atoms with Gasteiger partial charge in [-0.25, -0.2) is 13.1 Å². The second-order valence-corrected chi connectivity index (χ2v) is 8.88. The minimum atomic E-state index is -3.67. The Morgan fingerprint density at radius 1 is 1.22 bits per heavy atom. The molecule has 1 aromatic carbocycles. The van der Waals surface area contributed by atoms with Gasteiger partial charge < -0.3 is 10.1 Å². The Hall–Kier alpha value is -1.78. The minimum absolute atomic E-state index is 0.0335. The number of morpholine rings is 1. The van der Waals surface area contributed by atoms with Crippen molar-refractivity contribution in [3.05, 3.63) is 52.2 Å². The molecule has 1 unspecified atom stereocenters. The summed E-state index contributed by atoms with van der Waals surface area (Å²) in [6, 6.07) is 9.87. The minimum Gasteiger partial charge on any atom is -0.379 e. The Morgan fingerprint density at radius 3 is 2.52 bits per heavy atom. The first kappa shape index (κ1) is 20.0. The van der Waals surface area contributed by atoms with E-state index in [1.807, 2.05) is 17.5 Å². The number of rotatable bonds is 7. The van der Waals surface area contributed by atoms with E-state index in [1.165, 1.54) is 31.3 Å². The summed E-state index contributed by atoms with van der Waals surface area (Å²) in [5.74, 6) is -0.253. The zero-order valence-electron chi connectivity index (χ0n) is 15.1. The molecule has 1 amide bonds. The molecule has 0 radical (unpaired) electrons. The predicted molar refractivity (Wildman–Crippen MR) is 104 cm³/mol. The molecule has 1 aromatic heterocycles. The van der Waals surface area contributed by atoms with Gasteiger partial charge in [0.1, 0.15) is 0 Å². The van der Waals surface area contributed by atoms with E-state index in [2.05, 4.69) is 14.9 Å². The number of carbonyl (C=O) groups excluding carboxylic acids is 1. The van der Waals surface area contributed by atoms with Gasteiger partial charge in [-0.15, -0.1) is 11.3 Å². The van der Waals surface area contributed by atoms with Crippen molar-refractivity contribution >= 4 is 27.3 Å². The van der Waals surface area contributed by atoms with Crippen LogP contribution in [0.15, 0.2) is 46.7 Å². The molecule has 9 heteroatoms. The van der Waals surface area contributed by atoms with Gasteiger partial charge >= 0.3 is 0 Å². The number of hydrogen-bond donors (Lipinski definition) is 2. The fourth-order valence-corrected chi connectivity index (χ4v) is 4.88. The van der Waals surface area contributed by atoms with Crippen LogP contribution in [0.25, 0.3) is 0 Å². The van der Waals surface area contributed by atoms with Crippen LogP contribution in [0.2, 0.25) is 0 Å². The molecule has 1 aliphatic heterocycles. The molecule has 0 spiro atoms. The maximum absolute atomic E-state index is 12.7. The average Bonchev–Trinajstić information content (AvgIpc) is 3.23. The van der Waals surface area contributed by atoms with Gasteiger partial charge in [0.15, 0.2) is 0 Å². The molecule has 1 aliphatic rings. The highest BCUT2D eigenvalue weighted by Gasteiger charge is 2.25. The lowest BCUT2D eigenvalue weighted by atomic mass is 10.2. The van der Waals surface area contributed by atoms with Gasteiger partial charge in [0.2, 0.25) is 10.0 Å². The molecular weight excluding hydrogens is 386 g/mol. The van der Waals surface area contributed by atoms with Crippen molar-refractivity contribution in [1.82, 2.24) is 14.9 Å². The summed E-state index contributed by atoms with van der Waals surface area (Å²) in [5, 5.41) is 4.51. The Bertz CT molecular complexity index is 845. The molecule has 7 nitrogen and oxygen atoms in total. The van der Waals surface area contributed by atoms with Gasteiger partial charge in [0.25, 0.3) is 5.91 Å². The van der Waals surface area contributed by atoms with Gasteiger partial charge in [-0.3, -0.25) is 9.69 Å². The Kier molecular flexibility index (Phi) is 6.61. The molecule has 3 rings (SSSR count). The second kappa shape index (κ2) is 8.94. The molecule has 146 valence electrons. The Labute approximate surface area is 163 Å². The summed E-state index contributed by atoms with van der Waals surface area (Å²) < 4.78 is 33.5. The Morgan fingerprint density at radius 2 is 1.93 bits per heavy atom. The van der Waals surface area contributed by atoms with Crippen molar-refractivity contribution in [2.24, 2.45) is 0 Å². The van der Waals surface area contributed by atoms with Crippen LogP contribution in [0.1, 0.15) is 21.3 Å². The van der Waals surface area contributed by atoms with Gasteiger partial charge in [0.05, 0.1) is 24.2 Å². The maximum Gasteiger partial charge on any atom is 0.251 e. The van der Waals surface area contributed by atoms with E-state index in [-0.39, 0.29) is 23.4 Å². The molecule has 0 saturated carbocycles. The van der Waals surface area contributed by atoms with Crippen LogP contribution in [0.5, 0.6) is 0 Å². The first-order valence-corrected chi connectivity index (χ1v) is 11.0. The Balaban J connectivity index is 1.72. The summed E-state index contributed by atoms with van der Waals surface area (Å²) in [6.07, 6.45) is 0. The zero-order chi connectivity index (χ0) is 19.3. The molecule has 0 aliphatic carbocycles. The quantitative estimate of drug-likeness (QED) is 0.723. The van der Waals surface area contributed by atoms with Gasteiger partial charge in [0, 0.05) is 37.1 Å². The van der Waals surface area contributed by atoms with Crippen LogP contribution in [0, 0.1) is 0 Å². The average molecular weight is 410 g/mol. The molecule has 2 heterocycles. The van der Waals surface area contributed by atoms with Crippen molar-refractivity contribution in [3.8, 4) is 0 Å². The largest absolute Gasteiger partial charge is 0.379 e. The summed E-state index contributed by atoms with van der Waals surface area (Å²) in [5.41, 5.74) is 0.418. The highest BCUT2D eigenvalue weighted by molar-refractivity contribution is 7.89. The third-order valence-corrected chi connectivity index (χ3v) is 6.89. The van der Waals surface area contributed by atoms with E-state index in [0.29, 0.717) is 18.8 Å². The van der Waals surface area contributed by atoms with Crippen LogP contribution in [-0.2, 0) is 14.8 Å². The molecule has 27 heavy (non-hydrogen) atoms. The molecule has 1 fully saturated rings. The predicted octanol–water partition coefficient (Wildman–Crippen LogP) is 1.46. The van der Waals surface area contributed by atoms with Crippen LogP contribution < -0.4 is 10.0 Å². The number of nitrogens with zero attached hydrogens (tertiary/aromatic N) is 1. The number of amides is 1. The number of ether oxygens (including phenoxy) is 1. The summed E-state index contributed by atoms with van der Waals surface area (Å²) in [6.45, 7) is 3.11. The highest BCUT2D eigenvalue weighted by Crippen LogP contribution is 2.26. The lowest BCUT2D eigenvalue weighted by Gasteiger charge is -2.34. The molecule has 0 bridgehead atoms. The number of nitrogens with one attached hydrogen (secondary N) is 2. The van der Waals surface area contributed by atoms with E-state index >= 15 is 0 Å². The smallest absolute Gasteiger partial charge is 0.251 e. The lowest BCUT2D eigenvalue weighted by Crippen LogP contribution is -2.43. The molecule has 2 N–H and O–H groups in total. The number of sulfonamides is 1. The van der Waals surface area contributed by atoms with Crippen molar-refractivity contribution in [2.45, 2.75) is 10.9 Å². The normalized spacial score (nSPS) is 16.8. The topological polar surface area (TPSA) is 87.7 Å². The number of hydrogen-bond acceptors (Lipinski definition) is 6. The summed E-state index contributed by atoms with van der Waals surface area (Å²) in [4.78, 5) is 15.1. The van der Waals surface area contributed by atoms with Crippen molar-refractivity contribution < 1.29 is 17.9 Å². The summed E-state index contributed by atoms with van der Waals surface area (Å²) in [7, 11) is -2.14. The second-order valence-electron chi connectivity index (χ2n) is 6.13. The van der Waals surface area contributed by atoms with E-state index in [4.69, 9.17) is 4.74 Å². The standard InChI is InChI=1S/C18H23N3O4S2/c1-19-18(22)14-4-6-15(7-5-14)27(23,24)20-13-16(17-3-2-12-26-17)21-8-10-25-11-9-21/h2-7,12,16,20H,8-11,13H2,1H3,(H,19,22). The third-order valence-electron chi connectivity index (χ3n) is 4.48. The van der Waals surface area contributed by atoms with E-state index in [0.717, 1.165) is 18.0 Å². The SMILES string of the molecule is CNC(=O)c1ccc(S(=O)(=O)NCC(c2cccs2)N2CCOCC2)cc1.